The van der Waals surface area contributed by atoms with Gasteiger partial charge in [0.1, 0.15) is 5.52 Å². The number of benzene rings is 1. The lowest BCUT2D eigenvalue weighted by Gasteiger charge is -2.14. The van der Waals surface area contributed by atoms with Crippen molar-refractivity contribution in [1.82, 2.24) is 19.7 Å². The zero-order valence-corrected chi connectivity index (χ0v) is 15.4. The van der Waals surface area contributed by atoms with Crippen LogP contribution in [0.5, 0.6) is 0 Å². The van der Waals surface area contributed by atoms with Crippen LogP contribution in [0.1, 0.15) is 12.5 Å². The molecule has 0 aliphatic rings. The molecular weight excluding hydrogens is 379 g/mol. The van der Waals surface area contributed by atoms with E-state index < -0.39 is 12.1 Å². The van der Waals surface area contributed by atoms with Crippen LogP contribution in [-0.4, -0.2) is 37.0 Å². The lowest BCUT2D eigenvalue weighted by atomic mass is 10.2. The molecule has 0 amide bonds. The van der Waals surface area contributed by atoms with Gasteiger partial charge in [0, 0.05) is 12.6 Å². The predicted molar refractivity (Wildman–Crippen MR) is 102 cm³/mol. The maximum Gasteiger partial charge on any atom is 0.278 e. The van der Waals surface area contributed by atoms with Crippen molar-refractivity contribution in [2.45, 2.75) is 32.2 Å². The Morgan fingerprint density at radius 1 is 1.38 bits per heavy atom. The maximum atomic E-state index is 12.4. The first kappa shape index (κ1) is 18.7. The second-order valence-corrected chi connectivity index (χ2v) is 6.80. The number of aromatic amines is 1. The number of anilines is 1. The minimum Gasteiger partial charge on any atom is -0.392 e. The van der Waals surface area contributed by atoms with E-state index in [1.54, 1.807) is 19.1 Å². The van der Waals surface area contributed by atoms with Crippen LogP contribution in [0.25, 0.3) is 11.0 Å². The SMILES string of the molecule is CC(O)C(N)Cn1ncc2nc(NCc3ccc(Cl)c(Cl)c3)[nH]c(=O)c21. The maximum absolute atomic E-state index is 12.4. The normalized spacial score (nSPS) is 13.7. The summed E-state index contributed by atoms with van der Waals surface area (Å²) in [6.45, 7) is 2.21. The number of hydrogen-bond acceptors (Lipinski definition) is 6. The second-order valence-electron chi connectivity index (χ2n) is 5.98. The third-order valence-electron chi connectivity index (χ3n) is 3.95. The van der Waals surface area contributed by atoms with Gasteiger partial charge in [-0.05, 0) is 24.6 Å². The topological polar surface area (TPSA) is 122 Å². The molecule has 2 heterocycles. The van der Waals surface area contributed by atoms with Crippen LogP contribution in [0, 0.1) is 0 Å². The third-order valence-corrected chi connectivity index (χ3v) is 4.69. The smallest absolute Gasteiger partial charge is 0.278 e. The Morgan fingerprint density at radius 3 is 2.85 bits per heavy atom. The Kier molecular flexibility index (Phi) is 5.47. The molecule has 0 spiro atoms. The number of fused-ring (bicyclic) bond motifs is 1. The lowest BCUT2D eigenvalue weighted by molar-refractivity contribution is 0.153. The number of nitrogens with zero attached hydrogens (tertiary/aromatic N) is 3. The molecule has 0 bridgehead atoms. The summed E-state index contributed by atoms with van der Waals surface area (Å²) < 4.78 is 1.45. The van der Waals surface area contributed by atoms with Gasteiger partial charge in [0.25, 0.3) is 5.56 Å². The van der Waals surface area contributed by atoms with Crippen LogP contribution in [0.15, 0.2) is 29.2 Å². The van der Waals surface area contributed by atoms with Gasteiger partial charge in [-0.25, -0.2) is 4.98 Å². The first-order valence-corrected chi connectivity index (χ1v) is 8.68. The Bertz CT molecular complexity index is 985. The van der Waals surface area contributed by atoms with Gasteiger partial charge in [-0.15, -0.1) is 0 Å². The van der Waals surface area contributed by atoms with Crippen LogP contribution < -0.4 is 16.6 Å². The number of aliphatic hydroxyl groups excluding tert-OH is 1. The van der Waals surface area contributed by atoms with Crippen molar-refractivity contribution >= 4 is 40.2 Å². The Hall–Kier alpha value is -2.13. The Balaban J connectivity index is 1.81. The monoisotopic (exact) mass is 396 g/mol. The van der Waals surface area contributed by atoms with E-state index in [0.29, 0.717) is 33.6 Å². The van der Waals surface area contributed by atoms with Crippen LogP contribution in [0.4, 0.5) is 5.95 Å². The van der Waals surface area contributed by atoms with Gasteiger partial charge < -0.3 is 16.2 Å². The molecule has 2 atom stereocenters. The molecule has 3 aromatic rings. The quantitative estimate of drug-likeness (QED) is 0.503. The summed E-state index contributed by atoms with van der Waals surface area (Å²) >= 11 is 11.9. The molecule has 10 heteroatoms. The third kappa shape index (κ3) is 3.99. The van der Waals surface area contributed by atoms with E-state index in [4.69, 9.17) is 28.9 Å². The van der Waals surface area contributed by atoms with E-state index in [1.165, 1.54) is 10.9 Å². The van der Waals surface area contributed by atoms with Crippen molar-refractivity contribution < 1.29 is 5.11 Å². The van der Waals surface area contributed by atoms with E-state index in [2.05, 4.69) is 20.4 Å². The van der Waals surface area contributed by atoms with Gasteiger partial charge in [0.15, 0.2) is 5.52 Å². The van der Waals surface area contributed by atoms with E-state index in [1.807, 2.05) is 6.07 Å². The van der Waals surface area contributed by atoms with Crippen LogP contribution in [-0.2, 0) is 13.1 Å². The van der Waals surface area contributed by atoms with Crippen LogP contribution >= 0.6 is 23.2 Å². The predicted octanol–water partition coefficient (Wildman–Crippen LogP) is 1.75. The highest BCUT2D eigenvalue weighted by molar-refractivity contribution is 6.42. The molecule has 0 saturated heterocycles. The minimum atomic E-state index is -0.714. The summed E-state index contributed by atoms with van der Waals surface area (Å²) in [4.78, 5) is 19.4. The summed E-state index contributed by atoms with van der Waals surface area (Å²) in [6, 6.07) is 4.73. The molecule has 26 heavy (non-hydrogen) atoms. The fourth-order valence-corrected chi connectivity index (χ4v) is 2.74. The molecule has 0 radical (unpaired) electrons. The van der Waals surface area contributed by atoms with Gasteiger partial charge in [-0.1, -0.05) is 29.3 Å². The summed E-state index contributed by atoms with van der Waals surface area (Å²) in [5.74, 6) is 0.313. The molecule has 0 aliphatic heterocycles. The fraction of sp³-hybridized carbons (Fsp3) is 0.312. The van der Waals surface area contributed by atoms with Gasteiger partial charge in [0.05, 0.1) is 28.9 Å². The average Bonchev–Trinajstić information content (AvgIpc) is 2.99. The van der Waals surface area contributed by atoms with Gasteiger partial charge >= 0.3 is 0 Å². The zero-order chi connectivity index (χ0) is 18.8. The summed E-state index contributed by atoms with van der Waals surface area (Å²) in [6.07, 6.45) is 0.775. The molecule has 2 aromatic heterocycles. The minimum absolute atomic E-state index is 0.210. The number of halogens is 2. The van der Waals surface area contributed by atoms with Crippen molar-refractivity contribution in [2.24, 2.45) is 5.73 Å². The number of hydrogen-bond donors (Lipinski definition) is 4. The molecule has 8 nitrogen and oxygen atoms in total. The van der Waals surface area contributed by atoms with Gasteiger partial charge in [0.2, 0.25) is 5.95 Å². The van der Waals surface area contributed by atoms with E-state index in [0.717, 1.165) is 5.56 Å². The molecule has 0 fully saturated rings. The number of nitrogens with one attached hydrogen (secondary N) is 2. The lowest BCUT2D eigenvalue weighted by Crippen LogP contribution is -2.37. The molecule has 3 rings (SSSR count). The molecule has 1 aromatic carbocycles. The van der Waals surface area contributed by atoms with Gasteiger partial charge in [-0.3, -0.25) is 14.5 Å². The van der Waals surface area contributed by atoms with Crippen molar-refractivity contribution in [2.75, 3.05) is 5.32 Å². The summed E-state index contributed by atoms with van der Waals surface area (Å²) in [5, 5.41) is 17.6. The van der Waals surface area contributed by atoms with Crippen molar-refractivity contribution in [3.8, 4) is 0 Å². The number of rotatable bonds is 6. The number of aliphatic hydroxyl groups is 1. The number of nitrogens with two attached hydrogens (primary N) is 1. The zero-order valence-electron chi connectivity index (χ0n) is 13.9. The molecule has 5 N–H and O–H groups in total. The highest BCUT2D eigenvalue weighted by Gasteiger charge is 2.15. The van der Waals surface area contributed by atoms with E-state index in [9.17, 15) is 9.90 Å². The number of aromatic nitrogens is 4. The van der Waals surface area contributed by atoms with E-state index >= 15 is 0 Å². The van der Waals surface area contributed by atoms with Crippen LogP contribution in [0.3, 0.4) is 0 Å². The second kappa shape index (κ2) is 7.63. The summed E-state index contributed by atoms with van der Waals surface area (Å²) in [5.41, 5.74) is 7.12. The standard InChI is InChI=1S/C16H18Cl2N6O2/c1-8(25)12(19)7-24-14-13(6-21-24)22-16(23-15(14)26)20-5-9-2-3-10(17)11(18)4-9/h2-4,6,8,12,25H,5,7,19H2,1H3,(H2,20,22,23,26). The Morgan fingerprint density at radius 2 is 2.15 bits per heavy atom. The average molecular weight is 397 g/mol. The van der Waals surface area contributed by atoms with Crippen molar-refractivity contribution in [3.05, 3.63) is 50.4 Å². The highest BCUT2D eigenvalue weighted by Crippen LogP contribution is 2.22. The first-order valence-electron chi connectivity index (χ1n) is 7.92. The number of H-pyrrole nitrogens is 1. The highest BCUT2D eigenvalue weighted by atomic mass is 35.5. The fourth-order valence-electron chi connectivity index (χ4n) is 2.42. The first-order chi connectivity index (χ1) is 12.3. The Labute approximate surface area is 158 Å². The van der Waals surface area contributed by atoms with Crippen molar-refractivity contribution in [1.29, 1.82) is 0 Å². The molecule has 0 saturated carbocycles. The van der Waals surface area contributed by atoms with Gasteiger partial charge in [-0.2, -0.15) is 5.10 Å². The molecule has 2 unspecified atom stereocenters. The molecule has 0 aliphatic carbocycles. The molecule has 138 valence electrons. The van der Waals surface area contributed by atoms with Crippen LogP contribution in [0.2, 0.25) is 10.0 Å². The van der Waals surface area contributed by atoms with E-state index in [-0.39, 0.29) is 12.1 Å². The largest absolute Gasteiger partial charge is 0.392 e. The van der Waals surface area contributed by atoms with Crippen molar-refractivity contribution in [3.63, 3.8) is 0 Å². The summed E-state index contributed by atoms with van der Waals surface area (Å²) in [7, 11) is 0. The molecular formula is C16H18Cl2N6O2.